The molecule has 1 heterocycles. The van der Waals surface area contributed by atoms with E-state index < -0.39 is 0 Å². The van der Waals surface area contributed by atoms with Crippen LogP contribution in [0, 0.1) is 13.8 Å². The van der Waals surface area contributed by atoms with Gasteiger partial charge in [-0.1, -0.05) is 35.0 Å². The Hall–Kier alpha value is -1.42. The fraction of sp³-hybridized carbons (Fsp3) is 0.333. The van der Waals surface area contributed by atoms with Crippen LogP contribution in [0.15, 0.2) is 28.7 Å². The minimum atomic E-state index is 0.791. The Bertz CT molecular complexity index is 582. The van der Waals surface area contributed by atoms with Crippen LogP contribution in [0.25, 0.3) is 11.3 Å². The smallest absolute Gasteiger partial charge is 0.133 e. The standard InChI is InChI=1S/C15H18BrN3/c1-4-8-17-15-10(2)14(18-11(3)19-15)12-6-5-7-13(16)9-12/h5-7,9H,4,8H2,1-3H3,(H,17,18,19). The first-order valence-corrected chi connectivity index (χ1v) is 7.26. The number of aromatic nitrogens is 2. The number of nitrogens with one attached hydrogen (secondary N) is 1. The average Bonchev–Trinajstić information content (AvgIpc) is 2.39. The van der Waals surface area contributed by atoms with Gasteiger partial charge in [-0.25, -0.2) is 9.97 Å². The summed E-state index contributed by atoms with van der Waals surface area (Å²) in [4.78, 5) is 9.07. The molecule has 0 saturated carbocycles. The van der Waals surface area contributed by atoms with Crippen molar-refractivity contribution in [2.75, 3.05) is 11.9 Å². The van der Waals surface area contributed by atoms with Gasteiger partial charge < -0.3 is 5.32 Å². The van der Waals surface area contributed by atoms with Crippen LogP contribution in [-0.2, 0) is 0 Å². The van der Waals surface area contributed by atoms with Crippen LogP contribution in [0.2, 0.25) is 0 Å². The Morgan fingerprint density at radius 3 is 2.68 bits per heavy atom. The molecule has 2 rings (SSSR count). The van der Waals surface area contributed by atoms with Crippen molar-refractivity contribution in [3.8, 4) is 11.3 Å². The molecule has 0 amide bonds. The molecule has 0 atom stereocenters. The molecule has 0 aliphatic carbocycles. The lowest BCUT2D eigenvalue weighted by Crippen LogP contribution is -2.07. The third-order valence-corrected chi connectivity index (χ3v) is 3.39. The van der Waals surface area contributed by atoms with Gasteiger partial charge in [0.05, 0.1) is 5.69 Å². The molecule has 1 aromatic heterocycles. The van der Waals surface area contributed by atoms with Gasteiger partial charge in [0.15, 0.2) is 0 Å². The number of halogens is 1. The van der Waals surface area contributed by atoms with Crippen LogP contribution in [0.1, 0.15) is 24.7 Å². The lowest BCUT2D eigenvalue weighted by atomic mass is 10.1. The molecule has 0 aliphatic heterocycles. The van der Waals surface area contributed by atoms with Crippen LogP contribution < -0.4 is 5.32 Å². The maximum Gasteiger partial charge on any atom is 0.133 e. The maximum atomic E-state index is 4.58. The van der Waals surface area contributed by atoms with E-state index in [2.05, 4.69) is 57.2 Å². The summed E-state index contributed by atoms with van der Waals surface area (Å²) in [6, 6.07) is 8.19. The van der Waals surface area contributed by atoms with Gasteiger partial charge in [0.1, 0.15) is 11.6 Å². The quantitative estimate of drug-likeness (QED) is 0.910. The molecule has 0 bridgehead atoms. The number of benzene rings is 1. The lowest BCUT2D eigenvalue weighted by molar-refractivity contribution is 0.948. The molecule has 0 saturated heterocycles. The molecule has 4 heteroatoms. The zero-order valence-electron chi connectivity index (χ0n) is 11.5. The summed E-state index contributed by atoms with van der Waals surface area (Å²) in [6.45, 7) is 7.06. The van der Waals surface area contributed by atoms with Gasteiger partial charge in [-0.05, 0) is 32.4 Å². The third-order valence-electron chi connectivity index (χ3n) is 2.90. The van der Waals surface area contributed by atoms with Gasteiger partial charge in [-0.3, -0.25) is 0 Å². The summed E-state index contributed by atoms with van der Waals surface area (Å²) in [6.07, 6.45) is 1.08. The van der Waals surface area contributed by atoms with Crippen molar-refractivity contribution in [1.29, 1.82) is 0 Å². The second-order valence-corrected chi connectivity index (χ2v) is 5.45. The summed E-state index contributed by atoms with van der Waals surface area (Å²) in [5.74, 6) is 1.73. The van der Waals surface area contributed by atoms with Crippen molar-refractivity contribution < 1.29 is 0 Å². The van der Waals surface area contributed by atoms with Crippen LogP contribution >= 0.6 is 15.9 Å². The van der Waals surface area contributed by atoms with Crippen molar-refractivity contribution in [3.63, 3.8) is 0 Å². The average molecular weight is 320 g/mol. The molecule has 100 valence electrons. The van der Waals surface area contributed by atoms with E-state index in [1.807, 2.05) is 19.1 Å². The summed E-state index contributed by atoms with van der Waals surface area (Å²) in [7, 11) is 0. The van der Waals surface area contributed by atoms with Crippen molar-refractivity contribution in [1.82, 2.24) is 9.97 Å². The van der Waals surface area contributed by atoms with Gasteiger partial charge >= 0.3 is 0 Å². The van der Waals surface area contributed by atoms with Gasteiger partial charge in [0.25, 0.3) is 0 Å². The van der Waals surface area contributed by atoms with Crippen LogP contribution in [-0.4, -0.2) is 16.5 Å². The number of hydrogen-bond donors (Lipinski definition) is 1. The highest BCUT2D eigenvalue weighted by Crippen LogP contribution is 2.27. The zero-order valence-corrected chi connectivity index (χ0v) is 13.1. The fourth-order valence-electron chi connectivity index (χ4n) is 1.96. The van der Waals surface area contributed by atoms with E-state index >= 15 is 0 Å². The minimum absolute atomic E-state index is 0.791. The fourth-order valence-corrected chi connectivity index (χ4v) is 2.36. The van der Waals surface area contributed by atoms with E-state index in [0.29, 0.717) is 0 Å². The van der Waals surface area contributed by atoms with Gasteiger partial charge in [-0.15, -0.1) is 0 Å². The topological polar surface area (TPSA) is 37.8 Å². The molecule has 0 unspecified atom stereocenters. The van der Waals surface area contributed by atoms with Gasteiger partial charge in [0, 0.05) is 22.1 Å². The first kappa shape index (κ1) is 14.0. The Balaban J connectivity index is 2.48. The molecule has 0 aliphatic rings. The highest BCUT2D eigenvalue weighted by molar-refractivity contribution is 9.10. The van der Waals surface area contributed by atoms with E-state index in [-0.39, 0.29) is 0 Å². The van der Waals surface area contributed by atoms with Crippen LogP contribution in [0.5, 0.6) is 0 Å². The number of rotatable bonds is 4. The summed E-state index contributed by atoms with van der Waals surface area (Å²) >= 11 is 3.50. The molecule has 0 radical (unpaired) electrons. The first-order chi connectivity index (χ1) is 9.11. The van der Waals surface area contributed by atoms with Crippen molar-refractivity contribution >= 4 is 21.7 Å². The summed E-state index contributed by atoms with van der Waals surface area (Å²) < 4.78 is 1.06. The van der Waals surface area contributed by atoms with Crippen molar-refractivity contribution in [2.24, 2.45) is 0 Å². The molecule has 0 spiro atoms. The highest BCUT2D eigenvalue weighted by atomic mass is 79.9. The molecule has 1 N–H and O–H groups in total. The van der Waals surface area contributed by atoms with E-state index in [4.69, 9.17) is 0 Å². The van der Waals surface area contributed by atoms with Gasteiger partial charge in [-0.2, -0.15) is 0 Å². The molecular weight excluding hydrogens is 302 g/mol. The van der Waals surface area contributed by atoms with Gasteiger partial charge in [0.2, 0.25) is 0 Å². The number of anilines is 1. The number of hydrogen-bond acceptors (Lipinski definition) is 3. The van der Waals surface area contributed by atoms with E-state index in [9.17, 15) is 0 Å². The van der Waals surface area contributed by atoms with Crippen molar-refractivity contribution in [3.05, 3.63) is 40.1 Å². The molecular formula is C15H18BrN3. The van der Waals surface area contributed by atoms with E-state index in [1.165, 1.54) is 0 Å². The largest absolute Gasteiger partial charge is 0.370 e. The number of nitrogens with zero attached hydrogens (tertiary/aromatic N) is 2. The maximum absolute atomic E-state index is 4.58. The minimum Gasteiger partial charge on any atom is -0.370 e. The molecule has 0 fully saturated rings. The van der Waals surface area contributed by atoms with Crippen LogP contribution in [0.4, 0.5) is 5.82 Å². The predicted octanol–water partition coefficient (Wildman–Crippen LogP) is 4.34. The molecule has 2 aromatic rings. The predicted molar refractivity (Wildman–Crippen MR) is 83.4 cm³/mol. The Morgan fingerprint density at radius 1 is 1.21 bits per heavy atom. The second kappa shape index (κ2) is 6.15. The third kappa shape index (κ3) is 3.32. The zero-order chi connectivity index (χ0) is 13.8. The molecule has 19 heavy (non-hydrogen) atoms. The summed E-state index contributed by atoms with van der Waals surface area (Å²) in [5, 5.41) is 3.37. The van der Waals surface area contributed by atoms with Crippen LogP contribution in [0.3, 0.4) is 0 Å². The SMILES string of the molecule is CCCNc1nc(C)nc(-c2cccc(Br)c2)c1C. The van der Waals surface area contributed by atoms with E-state index in [0.717, 1.165) is 45.9 Å². The Morgan fingerprint density at radius 2 is 2.00 bits per heavy atom. The van der Waals surface area contributed by atoms with E-state index in [1.54, 1.807) is 0 Å². The Labute approximate surface area is 122 Å². The monoisotopic (exact) mass is 319 g/mol. The molecule has 3 nitrogen and oxygen atoms in total. The highest BCUT2D eigenvalue weighted by Gasteiger charge is 2.10. The van der Waals surface area contributed by atoms with Crippen molar-refractivity contribution in [2.45, 2.75) is 27.2 Å². The normalized spacial score (nSPS) is 10.5. The summed E-state index contributed by atoms with van der Waals surface area (Å²) in [5.41, 5.74) is 3.20. The first-order valence-electron chi connectivity index (χ1n) is 6.47. The lowest BCUT2D eigenvalue weighted by Gasteiger charge is -2.13. The Kier molecular flexibility index (Phi) is 4.53. The second-order valence-electron chi connectivity index (χ2n) is 4.53. The molecule has 1 aromatic carbocycles. The number of aryl methyl sites for hydroxylation is 1.